The lowest BCUT2D eigenvalue weighted by Gasteiger charge is -2.06. The van der Waals surface area contributed by atoms with Gasteiger partial charge in [0.15, 0.2) is 0 Å². The number of carbonyl (C=O) groups excluding carboxylic acids is 1. The van der Waals surface area contributed by atoms with Crippen molar-refractivity contribution in [3.05, 3.63) is 23.8 Å². The number of phenolic OH excluding ortho intramolecular Hbond substituents is 1. The second-order valence-corrected chi connectivity index (χ2v) is 2.83. The van der Waals surface area contributed by atoms with Crippen molar-refractivity contribution >= 4 is 17.6 Å². The van der Waals surface area contributed by atoms with Crippen molar-refractivity contribution in [3.8, 4) is 5.75 Å². The van der Waals surface area contributed by atoms with Crippen molar-refractivity contribution in [2.45, 2.75) is 6.43 Å². The summed E-state index contributed by atoms with van der Waals surface area (Å²) in [5.74, 6) is -3.44. The second kappa shape index (κ2) is 4.56. The molecule has 0 unspecified atom stereocenters. The Morgan fingerprint density at radius 3 is 2.38 bits per heavy atom. The van der Waals surface area contributed by atoms with Crippen LogP contribution in [0.1, 0.15) is 10.4 Å². The number of aromatic hydroxyl groups is 1. The zero-order valence-corrected chi connectivity index (χ0v) is 7.78. The number of carboxylic acid groups (broad SMARTS) is 1. The molecule has 0 atom stereocenters. The summed E-state index contributed by atoms with van der Waals surface area (Å²) in [4.78, 5) is 21.1. The van der Waals surface area contributed by atoms with Crippen molar-refractivity contribution in [2.75, 3.05) is 5.32 Å². The van der Waals surface area contributed by atoms with E-state index in [-0.39, 0.29) is 11.3 Å². The molecule has 0 spiro atoms. The van der Waals surface area contributed by atoms with Crippen molar-refractivity contribution in [2.24, 2.45) is 0 Å². The quantitative estimate of drug-likeness (QED) is 0.684. The minimum atomic E-state index is -3.21. The van der Waals surface area contributed by atoms with Gasteiger partial charge in [0.05, 0.1) is 11.3 Å². The molecule has 0 saturated heterocycles. The minimum absolute atomic E-state index is 0.215. The number of rotatable bonds is 3. The van der Waals surface area contributed by atoms with E-state index in [0.717, 1.165) is 18.2 Å². The van der Waals surface area contributed by atoms with Crippen LogP contribution in [0.5, 0.6) is 5.75 Å². The summed E-state index contributed by atoms with van der Waals surface area (Å²) in [7, 11) is 0. The molecule has 0 aromatic heterocycles. The number of hydrogen-bond donors (Lipinski definition) is 3. The first-order valence-corrected chi connectivity index (χ1v) is 4.07. The van der Waals surface area contributed by atoms with Crippen LogP contribution >= 0.6 is 0 Å². The summed E-state index contributed by atoms with van der Waals surface area (Å²) in [6.45, 7) is 0. The SMILES string of the molecule is O=C(O)c1ccc(NC(=O)C(F)F)c(O)c1. The molecular formula is C9H7F2NO4. The Hall–Kier alpha value is -2.18. The Morgan fingerprint density at radius 1 is 1.31 bits per heavy atom. The van der Waals surface area contributed by atoms with Gasteiger partial charge in [-0.05, 0) is 18.2 Å². The van der Waals surface area contributed by atoms with Crippen molar-refractivity contribution in [1.29, 1.82) is 0 Å². The highest BCUT2D eigenvalue weighted by Crippen LogP contribution is 2.24. The van der Waals surface area contributed by atoms with Crippen LogP contribution in [0.25, 0.3) is 0 Å². The van der Waals surface area contributed by atoms with E-state index >= 15 is 0 Å². The van der Waals surface area contributed by atoms with Gasteiger partial charge in [0.1, 0.15) is 5.75 Å². The summed E-state index contributed by atoms with van der Waals surface area (Å²) >= 11 is 0. The number of carbonyl (C=O) groups is 2. The van der Waals surface area contributed by atoms with Crippen LogP contribution < -0.4 is 5.32 Å². The van der Waals surface area contributed by atoms with Crippen molar-refractivity contribution < 1.29 is 28.6 Å². The van der Waals surface area contributed by atoms with Gasteiger partial charge < -0.3 is 15.5 Å². The van der Waals surface area contributed by atoms with Gasteiger partial charge in [0.25, 0.3) is 5.91 Å². The van der Waals surface area contributed by atoms with Crippen LogP contribution in [-0.2, 0) is 4.79 Å². The molecule has 86 valence electrons. The lowest BCUT2D eigenvalue weighted by atomic mass is 10.2. The van der Waals surface area contributed by atoms with Gasteiger partial charge in [0.2, 0.25) is 0 Å². The number of carboxylic acids is 1. The summed E-state index contributed by atoms with van der Waals surface area (Å²) in [5.41, 5.74) is -0.483. The van der Waals surface area contributed by atoms with Crippen molar-refractivity contribution in [1.82, 2.24) is 0 Å². The smallest absolute Gasteiger partial charge is 0.335 e. The lowest BCUT2D eigenvalue weighted by molar-refractivity contribution is -0.126. The molecule has 0 fully saturated rings. The zero-order chi connectivity index (χ0) is 12.3. The van der Waals surface area contributed by atoms with E-state index in [9.17, 15) is 23.5 Å². The summed E-state index contributed by atoms with van der Waals surface area (Å²) in [5, 5.41) is 19.5. The molecule has 1 aromatic carbocycles. The van der Waals surface area contributed by atoms with E-state index in [2.05, 4.69) is 0 Å². The average molecular weight is 231 g/mol. The monoisotopic (exact) mass is 231 g/mol. The number of phenols is 1. The average Bonchev–Trinajstić information content (AvgIpc) is 2.20. The van der Waals surface area contributed by atoms with Crippen LogP contribution in [0.15, 0.2) is 18.2 Å². The van der Waals surface area contributed by atoms with Crippen LogP contribution in [-0.4, -0.2) is 28.5 Å². The Balaban J connectivity index is 2.91. The maximum Gasteiger partial charge on any atom is 0.335 e. The first-order valence-electron chi connectivity index (χ1n) is 4.07. The highest BCUT2D eigenvalue weighted by atomic mass is 19.3. The predicted molar refractivity (Wildman–Crippen MR) is 49.7 cm³/mol. The molecule has 0 radical (unpaired) electrons. The normalized spacial score (nSPS) is 10.2. The van der Waals surface area contributed by atoms with Gasteiger partial charge in [-0.25, -0.2) is 4.79 Å². The third kappa shape index (κ3) is 2.66. The van der Waals surface area contributed by atoms with Gasteiger partial charge in [-0.1, -0.05) is 0 Å². The molecule has 0 heterocycles. The molecule has 5 nitrogen and oxygen atoms in total. The number of benzene rings is 1. The third-order valence-corrected chi connectivity index (χ3v) is 1.70. The molecule has 1 amide bonds. The van der Waals surface area contributed by atoms with Gasteiger partial charge in [-0.15, -0.1) is 0 Å². The fourth-order valence-corrected chi connectivity index (χ4v) is 0.958. The third-order valence-electron chi connectivity index (χ3n) is 1.70. The maximum absolute atomic E-state index is 11.9. The van der Waals surface area contributed by atoms with Gasteiger partial charge in [-0.2, -0.15) is 8.78 Å². The molecule has 3 N–H and O–H groups in total. The van der Waals surface area contributed by atoms with Crippen LogP contribution in [0.3, 0.4) is 0 Å². The lowest BCUT2D eigenvalue weighted by Crippen LogP contribution is -2.20. The number of anilines is 1. The Kier molecular flexibility index (Phi) is 3.39. The molecule has 0 aliphatic carbocycles. The Labute approximate surface area is 88.3 Å². The van der Waals surface area contributed by atoms with Crippen LogP contribution in [0.4, 0.5) is 14.5 Å². The molecule has 0 aliphatic heterocycles. The molecular weight excluding hydrogens is 224 g/mol. The van der Waals surface area contributed by atoms with E-state index in [1.807, 2.05) is 0 Å². The highest BCUT2D eigenvalue weighted by Gasteiger charge is 2.17. The van der Waals surface area contributed by atoms with Gasteiger partial charge in [0, 0.05) is 0 Å². The fraction of sp³-hybridized carbons (Fsp3) is 0.111. The van der Waals surface area contributed by atoms with Crippen LogP contribution in [0, 0.1) is 0 Å². The number of alkyl halides is 2. The van der Waals surface area contributed by atoms with Crippen LogP contribution in [0.2, 0.25) is 0 Å². The highest BCUT2D eigenvalue weighted by molar-refractivity contribution is 5.95. The van der Waals surface area contributed by atoms with Crippen molar-refractivity contribution in [3.63, 3.8) is 0 Å². The van der Waals surface area contributed by atoms with E-state index in [0.29, 0.717) is 0 Å². The van der Waals surface area contributed by atoms with E-state index < -0.39 is 24.1 Å². The predicted octanol–water partition coefficient (Wildman–Crippen LogP) is 1.29. The summed E-state index contributed by atoms with van der Waals surface area (Å²) in [6, 6.07) is 2.95. The number of halogens is 2. The molecule has 1 aromatic rings. The number of aromatic carboxylic acids is 1. The first kappa shape index (κ1) is 11.9. The van der Waals surface area contributed by atoms with Gasteiger partial charge >= 0.3 is 12.4 Å². The van der Waals surface area contributed by atoms with E-state index in [1.165, 1.54) is 0 Å². The van der Waals surface area contributed by atoms with Gasteiger partial charge in [-0.3, -0.25) is 4.79 Å². The second-order valence-electron chi connectivity index (χ2n) is 2.83. The Bertz CT molecular complexity index is 434. The fourth-order valence-electron chi connectivity index (χ4n) is 0.958. The Morgan fingerprint density at radius 2 is 1.94 bits per heavy atom. The molecule has 0 saturated carbocycles. The topological polar surface area (TPSA) is 86.6 Å². The summed E-state index contributed by atoms with van der Waals surface area (Å²) in [6.07, 6.45) is -3.21. The molecule has 0 bridgehead atoms. The summed E-state index contributed by atoms with van der Waals surface area (Å²) < 4.78 is 23.7. The molecule has 7 heteroatoms. The number of hydrogen-bond acceptors (Lipinski definition) is 3. The molecule has 16 heavy (non-hydrogen) atoms. The first-order chi connectivity index (χ1) is 7.41. The minimum Gasteiger partial charge on any atom is -0.506 e. The molecule has 0 aliphatic rings. The number of amides is 1. The standard InChI is InChI=1S/C9H7F2NO4/c10-7(11)8(14)12-5-2-1-4(9(15)16)3-6(5)13/h1-3,7,13H,(H,12,14)(H,15,16). The number of nitrogens with one attached hydrogen (secondary N) is 1. The largest absolute Gasteiger partial charge is 0.506 e. The zero-order valence-electron chi connectivity index (χ0n) is 7.78. The van der Waals surface area contributed by atoms with E-state index in [4.69, 9.17) is 5.11 Å². The van der Waals surface area contributed by atoms with E-state index in [1.54, 1.807) is 5.32 Å². The molecule has 1 rings (SSSR count). The maximum atomic E-state index is 11.9.